The SMILES string of the molecule is C=CCn1c(Sc2snc(Cl)c2C#N)nnc1-c1ccoc1C. The van der Waals surface area contributed by atoms with Crippen LogP contribution >= 0.6 is 34.9 Å². The molecule has 3 heterocycles. The van der Waals surface area contributed by atoms with Crippen LogP contribution in [0.2, 0.25) is 5.15 Å². The Balaban J connectivity index is 2.03. The van der Waals surface area contributed by atoms with Crippen molar-refractivity contribution in [2.45, 2.75) is 22.8 Å². The Hall–Kier alpha value is -2.08. The molecule has 0 aliphatic carbocycles. The van der Waals surface area contributed by atoms with E-state index in [0.29, 0.717) is 27.3 Å². The van der Waals surface area contributed by atoms with Gasteiger partial charge in [0.25, 0.3) is 0 Å². The smallest absolute Gasteiger partial charge is 0.197 e. The lowest BCUT2D eigenvalue weighted by molar-refractivity contribution is 0.534. The van der Waals surface area contributed by atoms with E-state index in [1.807, 2.05) is 17.6 Å². The van der Waals surface area contributed by atoms with Crippen LogP contribution in [0, 0.1) is 18.3 Å². The summed E-state index contributed by atoms with van der Waals surface area (Å²) in [6.07, 6.45) is 3.37. The third-order valence-corrected chi connectivity index (χ3v) is 5.41. The van der Waals surface area contributed by atoms with Gasteiger partial charge in [-0.3, -0.25) is 4.57 Å². The molecular weight excluding hydrogens is 354 g/mol. The largest absolute Gasteiger partial charge is 0.469 e. The van der Waals surface area contributed by atoms with Crippen molar-refractivity contribution in [2.75, 3.05) is 0 Å². The van der Waals surface area contributed by atoms with Crippen LogP contribution in [0.3, 0.4) is 0 Å². The van der Waals surface area contributed by atoms with E-state index in [-0.39, 0.29) is 5.15 Å². The summed E-state index contributed by atoms with van der Waals surface area (Å²) in [4.78, 5) is 0. The lowest BCUT2D eigenvalue weighted by Crippen LogP contribution is -2.00. The van der Waals surface area contributed by atoms with E-state index >= 15 is 0 Å². The van der Waals surface area contributed by atoms with Crippen LogP contribution in [0.25, 0.3) is 11.4 Å². The van der Waals surface area contributed by atoms with Crippen molar-refractivity contribution in [2.24, 2.45) is 0 Å². The van der Waals surface area contributed by atoms with Crippen molar-refractivity contribution in [1.29, 1.82) is 5.26 Å². The van der Waals surface area contributed by atoms with Gasteiger partial charge in [-0.1, -0.05) is 17.7 Å². The lowest BCUT2D eigenvalue weighted by Gasteiger charge is -2.06. The Kier molecular flexibility index (Phi) is 4.52. The third kappa shape index (κ3) is 2.91. The first kappa shape index (κ1) is 15.8. The van der Waals surface area contributed by atoms with Gasteiger partial charge in [0.2, 0.25) is 0 Å². The first-order valence-electron chi connectivity index (χ1n) is 6.47. The number of allylic oxidation sites excluding steroid dienone is 1. The highest BCUT2D eigenvalue weighted by Crippen LogP contribution is 2.37. The van der Waals surface area contributed by atoms with E-state index in [0.717, 1.165) is 11.3 Å². The minimum absolute atomic E-state index is 0.209. The number of furan rings is 1. The molecule has 3 aromatic heterocycles. The van der Waals surface area contributed by atoms with Gasteiger partial charge in [-0.2, -0.15) is 9.64 Å². The minimum atomic E-state index is 0.209. The molecule has 0 fully saturated rings. The van der Waals surface area contributed by atoms with Crippen molar-refractivity contribution in [1.82, 2.24) is 19.1 Å². The third-order valence-electron chi connectivity index (χ3n) is 3.04. The summed E-state index contributed by atoms with van der Waals surface area (Å²) in [6, 6.07) is 3.91. The molecule has 0 aliphatic rings. The zero-order valence-electron chi connectivity index (χ0n) is 12.0. The molecule has 0 saturated heterocycles. The molecule has 6 nitrogen and oxygen atoms in total. The molecule has 3 rings (SSSR count). The zero-order chi connectivity index (χ0) is 16.4. The van der Waals surface area contributed by atoms with Crippen molar-refractivity contribution < 1.29 is 4.42 Å². The predicted molar refractivity (Wildman–Crippen MR) is 88.6 cm³/mol. The van der Waals surface area contributed by atoms with Crippen LogP contribution in [0.15, 0.2) is 38.8 Å². The molecular formula is C14H10ClN5OS2. The van der Waals surface area contributed by atoms with Gasteiger partial charge >= 0.3 is 0 Å². The van der Waals surface area contributed by atoms with Crippen molar-refractivity contribution in [3.63, 3.8) is 0 Å². The molecule has 116 valence electrons. The van der Waals surface area contributed by atoms with Crippen LogP contribution in [0.5, 0.6) is 0 Å². The number of rotatable bonds is 5. The van der Waals surface area contributed by atoms with Gasteiger partial charge in [-0.15, -0.1) is 16.8 Å². The Bertz CT molecular complexity index is 905. The van der Waals surface area contributed by atoms with Gasteiger partial charge in [0.15, 0.2) is 16.1 Å². The first-order chi connectivity index (χ1) is 11.2. The monoisotopic (exact) mass is 363 g/mol. The van der Waals surface area contributed by atoms with E-state index in [1.165, 1.54) is 23.3 Å². The maximum Gasteiger partial charge on any atom is 0.197 e. The summed E-state index contributed by atoms with van der Waals surface area (Å²) in [6.45, 7) is 6.17. The minimum Gasteiger partial charge on any atom is -0.469 e. The van der Waals surface area contributed by atoms with Gasteiger partial charge in [-0.05, 0) is 36.3 Å². The number of nitriles is 1. The fourth-order valence-electron chi connectivity index (χ4n) is 1.98. The van der Waals surface area contributed by atoms with Gasteiger partial charge in [0.1, 0.15) is 21.6 Å². The van der Waals surface area contributed by atoms with E-state index in [1.54, 1.807) is 12.3 Å². The average Bonchev–Trinajstić information content (AvgIpc) is 3.21. The highest BCUT2D eigenvalue weighted by molar-refractivity contribution is 8.01. The second-order valence-corrected chi connectivity index (χ2v) is 6.81. The zero-order valence-corrected chi connectivity index (χ0v) is 14.4. The van der Waals surface area contributed by atoms with Crippen LogP contribution < -0.4 is 0 Å². The number of nitrogens with zero attached hydrogens (tertiary/aromatic N) is 5. The van der Waals surface area contributed by atoms with Crippen LogP contribution in [-0.2, 0) is 6.54 Å². The maximum absolute atomic E-state index is 9.18. The Labute approximate surface area is 145 Å². The van der Waals surface area contributed by atoms with Gasteiger partial charge in [0.05, 0.1) is 11.8 Å². The second kappa shape index (κ2) is 6.58. The van der Waals surface area contributed by atoms with E-state index in [2.05, 4.69) is 27.2 Å². The standard InChI is InChI=1S/C14H10ClN5OS2/c1-3-5-20-12(9-4-6-21-8(9)2)17-18-14(20)22-13-10(7-16)11(15)19-23-13/h3-4,6H,1,5H2,2H3. The summed E-state index contributed by atoms with van der Waals surface area (Å²) in [5.74, 6) is 1.45. The number of hydrogen-bond donors (Lipinski definition) is 0. The summed E-state index contributed by atoms with van der Waals surface area (Å²) in [5, 5.41) is 18.5. The predicted octanol–water partition coefficient (Wildman–Crippen LogP) is 4.17. The molecule has 9 heteroatoms. The van der Waals surface area contributed by atoms with Gasteiger partial charge in [-0.25, -0.2) is 0 Å². The van der Waals surface area contributed by atoms with E-state index in [4.69, 9.17) is 16.0 Å². The molecule has 0 aliphatic heterocycles. The molecule has 0 saturated carbocycles. The van der Waals surface area contributed by atoms with Crippen LogP contribution in [-0.4, -0.2) is 19.1 Å². The maximum atomic E-state index is 9.18. The molecule has 0 atom stereocenters. The molecule has 0 spiro atoms. The molecule has 0 unspecified atom stereocenters. The quantitative estimate of drug-likeness (QED) is 0.633. The fourth-order valence-corrected chi connectivity index (χ4v) is 4.06. The molecule has 3 aromatic rings. The normalized spacial score (nSPS) is 10.7. The molecule has 0 N–H and O–H groups in total. The topological polar surface area (TPSA) is 80.5 Å². The Morgan fingerprint density at radius 1 is 1.57 bits per heavy atom. The van der Waals surface area contributed by atoms with E-state index < -0.39 is 0 Å². The Morgan fingerprint density at radius 2 is 2.39 bits per heavy atom. The first-order valence-corrected chi connectivity index (χ1v) is 8.44. The number of aryl methyl sites for hydroxylation is 1. The van der Waals surface area contributed by atoms with Crippen LogP contribution in [0.4, 0.5) is 0 Å². The lowest BCUT2D eigenvalue weighted by atomic mass is 10.2. The van der Waals surface area contributed by atoms with Gasteiger partial charge in [0, 0.05) is 6.54 Å². The summed E-state index contributed by atoms with van der Waals surface area (Å²) in [5.41, 5.74) is 1.23. The van der Waals surface area contributed by atoms with Crippen molar-refractivity contribution >= 4 is 34.9 Å². The average molecular weight is 364 g/mol. The molecule has 23 heavy (non-hydrogen) atoms. The van der Waals surface area contributed by atoms with E-state index in [9.17, 15) is 5.26 Å². The summed E-state index contributed by atoms with van der Waals surface area (Å²) >= 11 is 8.39. The fraction of sp³-hybridized carbons (Fsp3) is 0.143. The van der Waals surface area contributed by atoms with Crippen molar-refractivity contribution in [3.05, 3.63) is 41.5 Å². The summed E-state index contributed by atoms with van der Waals surface area (Å²) in [7, 11) is 0. The Morgan fingerprint density at radius 3 is 3.04 bits per heavy atom. The molecule has 0 radical (unpaired) electrons. The highest BCUT2D eigenvalue weighted by atomic mass is 35.5. The number of hydrogen-bond acceptors (Lipinski definition) is 7. The molecule has 0 aromatic carbocycles. The molecule has 0 bridgehead atoms. The number of aromatic nitrogens is 4. The highest BCUT2D eigenvalue weighted by Gasteiger charge is 2.20. The van der Waals surface area contributed by atoms with Crippen LogP contribution in [0.1, 0.15) is 11.3 Å². The summed E-state index contributed by atoms with van der Waals surface area (Å²) < 4.78 is 11.9. The number of halogens is 1. The van der Waals surface area contributed by atoms with Gasteiger partial charge < -0.3 is 4.42 Å². The van der Waals surface area contributed by atoms with Crippen molar-refractivity contribution in [3.8, 4) is 17.5 Å². The second-order valence-electron chi connectivity index (χ2n) is 4.45. The molecule has 0 amide bonds.